The lowest BCUT2D eigenvalue weighted by molar-refractivity contribution is 0.335. The Morgan fingerprint density at radius 1 is 1.60 bits per heavy atom. The van der Waals surface area contributed by atoms with Gasteiger partial charge in [0.2, 0.25) is 11.2 Å². The minimum atomic E-state index is -1.94. The SMILES string of the molecule is O=[P+](Cl)OCCNCCI. The van der Waals surface area contributed by atoms with Gasteiger partial charge in [0.05, 0.1) is 0 Å². The molecule has 10 heavy (non-hydrogen) atoms. The maximum absolute atomic E-state index is 10.1. The molecule has 1 N–H and O–H groups in total. The summed E-state index contributed by atoms with van der Waals surface area (Å²) < 4.78 is 15.8. The Balaban J connectivity index is 2.84. The highest BCUT2D eigenvalue weighted by molar-refractivity contribution is 14.1. The number of halogens is 2. The lowest BCUT2D eigenvalue weighted by Crippen LogP contribution is -2.20. The van der Waals surface area contributed by atoms with Gasteiger partial charge in [-0.05, 0) is 4.57 Å². The van der Waals surface area contributed by atoms with Gasteiger partial charge in [-0.15, -0.1) is 4.52 Å². The van der Waals surface area contributed by atoms with E-state index < -0.39 is 7.38 Å². The average molecular weight is 296 g/mol. The van der Waals surface area contributed by atoms with Crippen molar-refractivity contribution in [2.24, 2.45) is 0 Å². The third kappa shape index (κ3) is 9.04. The van der Waals surface area contributed by atoms with Gasteiger partial charge < -0.3 is 5.32 Å². The van der Waals surface area contributed by atoms with E-state index in [0.717, 1.165) is 11.0 Å². The maximum Gasteiger partial charge on any atom is 0.633 e. The number of hydrogen-bond acceptors (Lipinski definition) is 3. The van der Waals surface area contributed by atoms with E-state index in [-0.39, 0.29) is 0 Å². The van der Waals surface area contributed by atoms with Crippen LogP contribution in [0.1, 0.15) is 0 Å². The molecule has 0 aliphatic rings. The van der Waals surface area contributed by atoms with Crippen molar-refractivity contribution in [2.75, 3.05) is 24.1 Å². The summed E-state index contributed by atoms with van der Waals surface area (Å²) in [6, 6.07) is 0. The standard InChI is InChI=1S/C4H9ClINO2P/c5-10(8)9-4-3-7-2-1-6/h7H,1-4H2/q+1. The fourth-order valence-electron chi connectivity index (χ4n) is 0.381. The van der Waals surface area contributed by atoms with Gasteiger partial charge in [0.25, 0.3) is 0 Å². The van der Waals surface area contributed by atoms with Gasteiger partial charge in [0.15, 0.2) is 0 Å². The van der Waals surface area contributed by atoms with Crippen molar-refractivity contribution >= 4 is 41.2 Å². The van der Waals surface area contributed by atoms with E-state index >= 15 is 0 Å². The summed E-state index contributed by atoms with van der Waals surface area (Å²) in [5.74, 6) is 0. The fourth-order valence-corrected chi connectivity index (χ4v) is 1.20. The summed E-state index contributed by atoms with van der Waals surface area (Å²) in [5.41, 5.74) is 0. The Bertz CT molecular complexity index is 105. The monoisotopic (exact) mass is 296 g/mol. The van der Waals surface area contributed by atoms with Crippen molar-refractivity contribution in [3.05, 3.63) is 0 Å². The van der Waals surface area contributed by atoms with Gasteiger partial charge in [-0.2, -0.15) is 0 Å². The van der Waals surface area contributed by atoms with Crippen molar-refractivity contribution < 1.29 is 9.09 Å². The van der Waals surface area contributed by atoms with Gasteiger partial charge in [-0.25, -0.2) is 0 Å². The highest BCUT2D eigenvalue weighted by atomic mass is 127. The van der Waals surface area contributed by atoms with Crippen molar-refractivity contribution in [3.8, 4) is 0 Å². The molecule has 6 heteroatoms. The van der Waals surface area contributed by atoms with Crippen LogP contribution in [0.4, 0.5) is 0 Å². The van der Waals surface area contributed by atoms with E-state index in [1.165, 1.54) is 0 Å². The van der Waals surface area contributed by atoms with Crippen LogP contribution < -0.4 is 5.32 Å². The minimum Gasteiger partial charge on any atom is -0.313 e. The van der Waals surface area contributed by atoms with E-state index in [1.807, 2.05) is 0 Å². The molecular formula is C4H9ClINO2P+. The lowest BCUT2D eigenvalue weighted by atomic mass is 10.6. The molecular weight excluding hydrogens is 287 g/mol. The number of hydrogen-bond donors (Lipinski definition) is 1. The minimum absolute atomic E-state index is 0.412. The van der Waals surface area contributed by atoms with Crippen LogP contribution in [0.5, 0.6) is 0 Å². The molecule has 0 rings (SSSR count). The van der Waals surface area contributed by atoms with Crippen LogP contribution in [0.2, 0.25) is 0 Å². The molecule has 0 saturated carbocycles. The van der Waals surface area contributed by atoms with E-state index in [9.17, 15) is 4.57 Å². The quantitative estimate of drug-likeness (QED) is 0.352. The summed E-state index contributed by atoms with van der Waals surface area (Å²) >= 11 is 7.31. The van der Waals surface area contributed by atoms with Crippen LogP contribution in [0.25, 0.3) is 0 Å². The molecule has 3 nitrogen and oxygen atoms in total. The molecule has 0 aliphatic heterocycles. The second kappa shape index (κ2) is 8.14. The molecule has 0 fully saturated rings. The topological polar surface area (TPSA) is 38.3 Å². The zero-order valence-corrected chi connectivity index (χ0v) is 9.16. The molecule has 0 bridgehead atoms. The molecule has 0 saturated heterocycles. The Kier molecular flexibility index (Phi) is 8.99. The third-order valence-corrected chi connectivity index (χ3v) is 1.96. The predicted molar refractivity (Wildman–Crippen MR) is 51.2 cm³/mol. The summed E-state index contributed by atoms with van der Waals surface area (Å²) in [7, 11) is -1.94. The smallest absolute Gasteiger partial charge is 0.313 e. The summed E-state index contributed by atoms with van der Waals surface area (Å²) in [6.07, 6.45) is 0. The Morgan fingerprint density at radius 2 is 2.30 bits per heavy atom. The number of rotatable bonds is 6. The Hall–Kier alpha value is 1.04. The first-order valence-electron chi connectivity index (χ1n) is 2.80. The first-order chi connectivity index (χ1) is 4.77. The highest BCUT2D eigenvalue weighted by Crippen LogP contribution is 2.26. The van der Waals surface area contributed by atoms with Crippen LogP contribution in [0, 0.1) is 0 Å². The second-order valence-electron chi connectivity index (χ2n) is 1.48. The van der Waals surface area contributed by atoms with E-state index in [0.29, 0.717) is 13.2 Å². The van der Waals surface area contributed by atoms with E-state index in [2.05, 4.69) is 32.4 Å². The van der Waals surface area contributed by atoms with Gasteiger partial charge in [0.1, 0.15) is 6.61 Å². The predicted octanol–water partition coefficient (Wildman–Crippen LogP) is 1.92. The van der Waals surface area contributed by atoms with Crippen molar-refractivity contribution in [2.45, 2.75) is 0 Å². The molecule has 60 valence electrons. The largest absolute Gasteiger partial charge is 0.633 e. The molecule has 0 amide bonds. The molecule has 0 radical (unpaired) electrons. The molecule has 0 aliphatic carbocycles. The van der Waals surface area contributed by atoms with Crippen LogP contribution in [0.15, 0.2) is 0 Å². The van der Waals surface area contributed by atoms with Gasteiger partial charge in [0, 0.05) is 17.5 Å². The van der Waals surface area contributed by atoms with Gasteiger partial charge in [-0.3, -0.25) is 0 Å². The Labute approximate surface area is 79.6 Å². The summed E-state index contributed by atoms with van der Waals surface area (Å²) in [6.45, 7) is 2.06. The Morgan fingerprint density at radius 3 is 2.80 bits per heavy atom. The normalized spacial score (nSPS) is 11.6. The zero-order chi connectivity index (χ0) is 7.82. The van der Waals surface area contributed by atoms with Crippen molar-refractivity contribution in [1.82, 2.24) is 5.32 Å². The summed E-state index contributed by atoms with van der Waals surface area (Å²) in [5, 5.41) is 3.07. The van der Waals surface area contributed by atoms with E-state index in [1.54, 1.807) is 0 Å². The molecule has 0 aromatic heterocycles. The molecule has 1 unspecified atom stereocenters. The van der Waals surface area contributed by atoms with Gasteiger partial charge in [-0.1, -0.05) is 22.6 Å². The van der Waals surface area contributed by atoms with Crippen molar-refractivity contribution in [1.29, 1.82) is 0 Å². The average Bonchev–Trinajstić information content (AvgIpc) is 1.87. The molecule has 0 aromatic rings. The van der Waals surface area contributed by atoms with Crippen LogP contribution in [0.3, 0.4) is 0 Å². The molecule has 0 aromatic carbocycles. The first-order valence-corrected chi connectivity index (χ1v) is 6.41. The van der Waals surface area contributed by atoms with Crippen LogP contribution >= 0.6 is 41.2 Å². The second-order valence-corrected chi connectivity index (χ2v) is 4.07. The maximum atomic E-state index is 10.1. The van der Waals surface area contributed by atoms with E-state index in [4.69, 9.17) is 11.2 Å². The number of nitrogens with one attached hydrogen (secondary N) is 1. The molecule has 1 atom stereocenters. The molecule has 0 heterocycles. The lowest BCUT2D eigenvalue weighted by Gasteiger charge is -1.95. The van der Waals surface area contributed by atoms with Crippen LogP contribution in [-0.4, -0.2) is 24.1 Å². The highest BCUT2D eigenvalue weighted by Gasteiger charge is 2.10. The fraction of sp³-hybridized carbons (Fsp3) is 1.00. The van der Waals surface area contributed by atoms with Crippen molar-refractivity contribution in [3.63, 3.8) is 0 Å². The van der Waals surface area contributed by atoms with Gasteiger partial charge >= 0.3 is 7.38 Å². The number of alkyl halides is 1. The molecule has 0 spiro atoms. The summed E-state index contributed by atoms with van der Waals surface area (Å²) in [4.78, 5) is 0. The zero-order valence-electron chi connectivity index (χ0n) is 5.35. The first kappa shape index (κ1) is 11.0. The van der Waals surface area contributed by atoms with Crippen LogP contribution in [-0.2, 0) is 9.09 Å². The third-order valence-electron chi connectivity index (χ3n) is 0.743.